The van der Waals surface area contributed by atoms with Crippen LogP contribution in [0.2, 0.25) is 0 Å². The second-order valence-corrected chi connectivity index (χ2v) is 5.46. The molecule has 1 fully saturated rings. The average molecular weight is 265 g/mol. The molecule has 2 heterocycles. The van der Waals surface area contributed by atoms with Crippen LogP contribution in [0.15, 0.2) is 6.20 Å². The molecular formula is C15H27N3O. The van der Waals surface area contributed by atoms with E-state index in [9.17, 15) is 0 Å². The van der Waals surface area contributed by atoms with E-state index in [2.05, 4.69) is 30.5 Å². The third kappa shape index (κ3) is 3.57. The normalized spacial score (nSPS) is 23.7. The first-order valence-electron chi connectivity index (χ1n) is 7.61. The Labute approximate surface area is 116 Å². The van der Waals surface area contributed by atoms with Gasteiger partial charge in [0.15, 0.2) is 0 Å². The van der Waals surface area contributed by atoms with Crippen molar-refractivity contribution in [3.05, 3.63) is 17.5 Å². The van der Waals surface area contributed by atoms with Crippen molar-refractivity contribution in [2.24, 2.45) is 13.0 Å². The smallest absolute Gasteiger partial charge is 0.0898 e. The molecule has 2 unspecified atom stereocenters. The van der Waals surface area contributed by atoms with E-state index in [1.54, 1.807) is 0 Å². The fourth-order valence-corrected chi connectivity index (χ4v) is 2.93. The second kappa shape index (κ2) is 7.06. The van der Waals surface area contributed by atoms with Gasteiger partial charge >= 0.3 is 0 Å². The highest BCUT2D eigenvalue weighted by molar-refractivity contribution is 5.21. The lowest BCUT2D eigenvalue weighted by atomic mass is 9.89. The second-order valence-electron chi connectivity index (χ2n) is 5.46. The summed E-state index contributed by atoms with van der Waals surface area (Å²) in [6.07, 6.45) is 6.95. The van der Waals surface area contributed by atoms with Gasteiger partial charge in [-0.2, -0.15) is 5.10 Å². The molecule has 1 aliphatic heterocycles. The minimum absolute atomic E-state index is 0.224. The number of hydrogen-bond acceptors (Lipinski definition) is 3. The van der Waals surface area contributed by atoms with Gasteiger partial charge in [0, 0.05) is 37.9 Å². The summed E-state index contributed by atoms with van der Waals surface area (Å²) in [6, 6.07) is 0. The zero-order chi connectivity index (χ0) is 13.7. The zero-order valence-electron chi connectivity index (χ0n) is 12.5. The first-order chi connectivity index (χ1) is 9.26. The number of hydrogen-bond donors (Lipinski definition) is 1. The number of nitrogens with zero attached hydrogens (tertiary/aromatic N) is 2. The van der Waals surface area contributed by atoms with Crippen LogP contribution in [0, 0.1) is 5.92 Å². The van der Waals surface area contributed by atoms with E-state index in [1.807, 2.05) is 11.7 Å². The molecule has 0 aliphatic carbocycles. The van der Waals surface area contributed by atoms with Gasteiger partial charge in [-0.25, -0.2) is 0 Å². The molecule has 0 spiro atoms. The van der Waals surface area contributed by atoms with Crippen molar-refractivity contribution in [2.75, 3.05) is 19.7 Å². The molecule has 1 aromatic heterocycles. The summed E-state index contributed by atoms with van der Waals surface area (Å²) < 4.78 is 7.99. The molecule has 0 saturated carbocycles. The summed E-state index contributed by atoms with van der Waals surface area (Å²) in [7, 11) is 2.00. The largest absolute Gasteiger partial charge is 0.373 e. The minimum atomic E-state index is 0.224. The van der Waals surface area contributed by atoms with Gasteiger partial charge < -0.3 is 10.1 Å². The number of nitrogens with one attached hydrogen (secondary N) is 1. The van der Waals surface area contributed by atoms with Crippen LogP contribution in [-0.2, 0) is 18.2 Å². The van der Waals surface area contributed by atoms with Crippen molar-refractivity contribution >= 4 is 0 Å². The van der Waals surface area contributed by atoms with E-state index in [4.69, 9.17) is 4.74 Å². The summed E-state index contributed by atoms with van der Waals surface area (Å²) in [4.78, 5) is 0. The van der Waals surface area contributed by atoms with E-state index in [0.29, 0.717) is 5.92 Å². The zero-order valence-corrected chi connectivity index (χ0v) is 12.5. The molecular weight excluding hydrogens is 238 g/mol. The number of ether oxygens (including phenoxy) is 1. The molecule has 0 amide bonds. The van der Waals surface area contributed by atoms with Crippen LogP contribution in [0.4, 0.5) is 0 Å². The summed E-state index contributed by atoms with van der Waals surface area (Å²) in [5.41, 5.74) is 2.49. The molecule has 0 radical (unpaired) electrons. The lowest BCUT2D eigenvalue weighted by Gasteiger charge is -2.32. The number of aromatic nitrogens is 2. The summed E-state index contributed by atoms with van der Waals surface area (Å²) in [5, 5.41) is 8.09. The van der Waals surface area contributed by atoms with Gasteiger partial charge in [-0.15, -0.1) is 0 Å². The summed E-state index contributed by atoms with van der Waals surface area (Å²) in [6.45, 7) is 7.40. The van der Waals surface area contributed by atoms with Crippen molar-refractivity contribution in [1.29, 1.82) is 0 Å². The summed E-state index contributed by atoms with van der Waals surface area (Å²) in [5.74, 6) is 0.579. The molecule has 4 heteroatoms. The molecule has 4 nitrogen and oxygen atoms in total. The lowest BCUT2D eigenvalue weighted by molar-refractivity contribution is -0.0281. The van der Waals surface area contributed by atoms with Crippen LogP contribution in [0.3, 0.4) is 0 Å². The Morgan fingerprint density at radius 1 is 1.47 bits per heavy atom. The Morgan fingerprint density at radius 2 is 2.32 bits per heavy atom. The highest BCUT2D eigenvalue weighted by Gasteiger charge is 2.29. The van der Waals surface area contributed by atoms with Gasteiger partial charge in [0.1, 0.15) is 0 Å². The van der Waals surface area contributed by atoms with E-state index in [1.165, 1.54) is 30.5 Å². The van der Waals surface area contributed by atoms with E-state index < -0.39 is 0 Å². The van der Waals surface area contributed by atoms with Crippen LogP contribution in [0.25, 0.3) is 0 Å². The molecule has 1 aromatic rings. The Balaban J connectivity index is 2.09. The molecule has 0 bridgehead atoms. The Kier molecular flexibility index (Phi) is 5.40. The lowest BCUT2D eigenvalue weighted by Crippen LogP contribution is -2.32. The third-order valence-electron chi connectivity index (χ3n) is 3.86. The number of rotatable bonds is 6. The average Bonchev–Trinajstić information content (AvgIpc) is 2.81. The van der Waals surface area contributed by atoms with Gasteiger partial charge in [-0.3, -0.25) is 4.68 Å². The van der Waals surface area contributed by atoms with Crippen molar-refractivity contribution in [1.82, 2.24) is 15.1 Å². The van der Waals surface area contributed by atoms with Crippen molar-refractivity contribution in [3.8, 4) is 0 Å². The quantitative estimate of drug-likeness (QED) is 0.803. The SMILES string of the molecule is CCCNCC1CCCOC1c1cn(C)nc1CC. The summed E-state index contributed by atoms with van der Waals surface area (Å²) >= 11 is 0. The van der Waals surface area contributed by atoms with Gasteiger partial charge in [0.25, 0.3) is 0 Å². The molecule has 19 heavy (non-hydrogen) atoms. The van der Waals surface area contributed by atoms with Crippen LogP contribution >= 0.6 is 0 Å². The van der Waals surface area contributed by atoms with Crippen LogP contribution in [0.1, 0.15) is 50.5 Å². The minimum Gasteiger partial charge on any atom is -0.373 e. The Bertz CT molecular complexity index is 389. The first kappa shape index (κ1) is 14.5. The maximum atomic E-state index is 6.07. The molecule has 0 aromatic carbocycles. The van der Waals surface area contributed by atoms with Gasteiger partial charge in [0.05, 0.1) is 11.8 Å². The van der Waals surface area contributed by atoms with Crippen LogP contribution < -0.4 is 5.32 Å². The Morgan fingerprint density at radius 3 is 3.05 bits per heavy atom. The highest BCUT2D eigenvalue weighted by Crippen LogP contribution is 2.34. The third-order valence-corrected chi connectivity index (χ3v) is 3.86. The maximum absolute atomic E-state index is 6.07. The predicted octanol–water partition coefficient (Wildman–Crippen LogP) is 2.45. The van der Waals surface area contributed by atoms with Crippen LogP contribution in [0.5, 0.6) is 0 Å². The van der Waals surface area contributed by atoms with Crippen molar-refractivity contribution < 1.29 is 4.74 Å². The molecule has 108 valence electrons. The maximum Gasteiger partial charge on any atom is 0.0898 e. The van der Waals surface area contributed by atoms with Crippen molar-refractivity contribution in [2.45, 2.75) is 45.6 Å². The fraction of sp³-hybridized carbons (Fsp3) is 0.800. The molecule has 1 aliphatic rings. The molecule has 2 rings (SSSR count). The van der Waals surface area contributed by atoms with Crippen LogP contribution in [-0.4, -0.2) is 29.5 Å². The fourth-order valence-electron chi connectivity index (χ4n) is 2.93. The first-order valence-corrected chi connectivity index (χ1v) is 7.61. The Hall–Kier alpha value is -0.870. The number of aryl methyl sites for hydroxylation is 2. The van der Waals surface area contributed by atoms with Gasteiger partial charge in [-0.05, 0) is 32.2 Å². The van der Waals surface area contributed by atoms with E-state index in [-0.39, 0.29) is 6.10 Å². The molecule has 1 saturated heterocycles. The van der Waals surface area contributed by atoms with E-state index >= 15 is 0 Å². The molecule has 2 atom stereocenters. The standard InChI is InChI=1S/C15H27N3O/c1-4-8-16-10-12-7-6-9-19-15(12)13-11-18(3)17-14(13)5-2/h11-12,15-16H,4-10H2,1-3H3. The van der Waals surface area contributed by atoms with Crippen molar-refractivity contribution in [3.63, 3.8) is 0 Å². The monoisotopic (exact) mass is 265 g/mol. The van der Waals surface area contributed by atoms with E-state index in [0.717, 1.165) is 26.1 Å². The predicted molar refractivity (Wildman–Crippen MR) is 77.2 cm³/mol. The van der Waals surface area contributed by atoms with Gasteiger partial charge in [0.2, 0.25) is 0 Å². The van der Waals surface area contributed by atoms with Gasteiger partial charge in [-0.1, -0.05) is 13.8 Å². The molecule has 1 N–H and O–H groups in total. The topological polar surface area (TPSA) is 39.1 Å². The highest BCUT2D eigenvalue weighted by atomic mass is 16.5.